The van der Waals surface area contributed by atoms with E-state index in [1.54, 1.807) is 0 Å². The van der Waals surface area contributed by atoms with Gasteiger partial charge in [0.15, 0.2) is 11.9 Å². The van der Waals surface area contributed by atoms with Crippen LogP contribution in [-0.4, -0.2) is 23.8 Å². The van der Waals surface area contributed by atoms with Crippen LogP contribution < -0.4 is 5.32 Å². The molecule has 7 heteroatoms. The van der Waals surface area contributed by atoms with Gasteiger partial charge in [-0.05, 0) is 45.0 Å². The number of carbonyl (C=O) groups is 3. The summed E-state index contributed by atoms with van der Waals surface area (Å²) < 4.78 is 18.1. The van der Waals surface area contributed by atoms with Crippen LogP contribution >= 0.6 is 11.3 Å². The van der Waals surface area contributed by atoms with Gasteiger partial charge in [0.2, 0.25) is 0 Å². The Bertz CT molecular complexity index is 831. The Morgan fingerprint density at radius 2 is 1.92 bits per heavy atom. The average Bonchev–Trinajstić information content (AvgIpc) is 2.91. The van der Waals surface area contributed by atoms with Gasteiger partial charge in [0.1, 0.15) is 5.82 Å². The van der Waals surface area contributed by atoms with E-state index in [4.69, 9.17) is 4.74 Å². The van der Waals surface area contributed by atoms with Crippen molar-refractivity contribution in [1.82, 2.24) is 0 Å². The predicted molar refractivity (Wildman–Crippen MR) is 97.9 cm³/mol. The summed E-state index contributed by atoms with van der Waals surface area (Å²) in [5, 5.41) is 2.47. The third kappa shape index (κ3) is 5.49. The molecule has 2 aromatic rings. The van der Waals surface area contributed by atoms with Crippen LogP contribution in [0, 0.1) is 19.7 Å². The molecule has 0 bridgehead atoms. The molecule has 1 heterocycles. The van der Waals surface area contributed by atoms with Gasteiger partial charge in [0.05, 0.1) is 6.42 Å². The first-order valence-electron chi connectivity index (χ1n) is 8.12. The van der Waals surface area contributed by atoms with Crippen molar-refractivity contribution in [1.29, 1.82) is 0 Å². The molecule has 1 aromatic heterocycles. The van der Waals surface area contributed by atoms with Crippen molar-refractivity contribution in [3.63, 3.8) is 0 Å². The van der Waals surface area contributed by atoms with E-state index in [1.165, 1.54) is 36.5 Å². The summed E-state index contributed by atoms with van der Waals surface area (Å²) in [5.41, 5.74) is 0.897. The van der Waals surface area contributed by atoms with Gasteiger partial charge >= 0.3 is 5.97 Å². The lowest BCUT2D eigenvalue weighted by Gasteiger charge is -2.13. The topological polar surface area (TPSA) is 72.5 Å². The zero-order valence-corrected chi connectivity index (χ0v) is 15.6. The number of amides is 1. The Labute approximate surface area is 155 Å². The predicted octanol–water partition coefficient (Wildman–Crippen LogP) is 4.04. The van der Waals surface area contributed by atoms with Crippen LogP contribution in [0.3, 0.4) is 0 Å². The number of esters is 1. The van der Waals surface area contributed by atoms with Crippen molar-refractivity contribution < 1.29 is 23.5 Å². The number of ether oxygens (including phenoxy) is 1. The fourth-order valence-electron chi connectivity index (χ4n) is 2.38. The highest BCUT2D eigenvalue weighted by Gasteiger charge is 2.20. The number of aryl methyl sites for hydroxylation is 2. The van der Waals surface area contributed by atoms with Crippen molar-refractivity contribution in [3.8, 4) is 0 Å². The van der Waals surface area contributed by atoms with E-state index in [-0.39, 0.29) is 24.3 Å². The van der Waals surface area contributed by atoms with Crippen molar-refractivity contribution in [3.05, 3.63) is 51.5 Å². The summed E-state index contributed by atoms with van der Waals surface area (Å²) in [7, 11) is 0. The minimum atomic E-state index is -1.05. The van der Waals surface area contributed by atoms with Crippen LogP contribution in [0.5, 0.6) is 0 Å². The molecule has 5 nitrogen and oxygen atoms in total. The highest BCUT2D eigenvalue weighted by molar-refractivity contribution is 7.12. The van der Waals surface area contributed by atoms with Gasteiger partial charge in [0, 0.05) is 27.4 Å². The number of hydrogen-bond donors (Lipinski definition) is 1. The second-order valence-electron chi connectivity index (χ2n) is 5.88. The van der Waals surface area contributed by atoms with Crippen molar-refractivity contribution in [2.75, 3.05) is 5.32 Å². The number of anilines is 1. The Hall–Kier alpha value is -2.54. The first-order chi connectivity index (χ1) is 12.3. The van der Waals surface area contributed by atoms with Gasteiger partial charge in [-0.2, -0.15) is 0 Å². The monoisotopic (exact) mass is 377 g/mol. The molecule has 1 atom stereocenters. The zero-order valence-electron chi connectivity index (χ0n) is 14.8. The molecule has 26 heavy (non-hydrogen) atoms. The molecule has 0 spiro atoms. The number of carbonyl (C=O) groups excluding carboxylic acids is 3. The van der Waals surface area contributed by atoms with E-state index in [1.807, 2.05) is 19.9 Å². The molecule has 0 aliphatic carbocycles. The number of hydrogen-bond acceptors (Lipinski definition) is 5. The number of nitrogens with one attached hydrogen (secondary N) is 1. The van der Waals surface area contributed by atoms with E-state index in [0.29, 0.717) is 5.56 Å². The summed E-state index contributed by atoms with van der Waals surface area (Å²) in [5.74, 6) is -1.81. The molecule has 1 amide bonds. The third-order valence-electron chi connectivity index (χ3n) is 3.67. The van der Waals surface area contributed by atoms with Gasteiger partial charge < -0.3 is 10.1 Å². The quantitative estimate of drug-likeness (QED) is 0.584. The molecule has 0 saturated heterocycles. The van der Waals surface area contributed by atoms with E-state index < -0.39 is 23.8 Å². The van der Waals surface area contributed by atoms with Gasteiger partial charge in [-0.25, -0.2) is 4.39 Å². The molecule has 2 rings (SSSR count). The second-order valence-corrected chi connectivity index (χ2v) is 7.34. The average molecular weight is 377 g/mol. The number of halogens is 1. The minimum Gasteiger partial charge on any atom is -0.453 e. The van der Waals surface area contributed by atoms with E-state index in [2.05, 4.69) is 5.32 Å². The fourth-order valence-corrected chi connectivity index (χ4v) is 3.32. The third-order valence-corrected chi connectivity index (χ3v) is 4.63. The molecule has 0 fully saturated rings. The van der Waals surface area contributed by atoms with Crippen LogP contribution in [-0.2, 0) is 14.3 Å². The van der Waals surface area contributed by atoms with Crippen LogP contribution in [0.2, 0.25) is 0 Å². The largest absolute Gasteiger partial charge is 0.453 e. The zero-order chi connectivity index (χ0) is 19.3. The molecular formula is C19H20FNO4S. The minimum absolute atomic E-state index is 0.0219. The number of Topliss-reactive ketones (excluding diaryl/α,β-unsaturated/α-hetero) is 1. The molecule has 0 radical (unpaired) electrons. The van der Waals surface area contributed by atoms with Crippen molar-refractivity contribution in [2.24, 2.45) is 0 Å². The van der Waals surface area contributed by atoms with Gasteiger partial charge in [-0.3, -0.25) is 14.4 Å². The normalized spacial score (nSPS) is 11.7. The summed E-state index contributed by atoms with van der Waals surface area (Å²) >= 11 is 1.53. The van der Waals surface area contributed by atoms with E-state index >= 15 is 0 Å². The highest BCUT2D eigenvalue weighted by Crippen LogP contribution is 2.22. The first kappa shape index (κ1) is 19.8. The number of thiophene rings is 1. The molecule has 0 unspecified atom stereocenters. The van der Waals surface area contributed by atoms with Crippen molar-refractivity contribution in [2.45, 2.75) is 39.7 Å². The molecule has 138 valence electrons. The van der Waals surface area contributed by atoms with Gasteiger partial charge in [-0.15, -0.1) is 11.3 Å². The fraction of sp³-hybridized carbons (Fsp3) is 0.316. The lowest BCUT2D eigenvalue weighted by atomic mass is 10.1. The van der Waals surface area contributed by atoms with Crippen LogP contribution in [0.15, 0.2) is 30.3 Å². The molecule has 1 N–H and O–H groups in total. The van der Waals surface area contributed by atoms with Crippen LogP contribution in [0.1, 0.15) is 39.9 Å². The maximum absolute atomic E-state index is 13.1. The smallest absolute Gasteiger partial charge is 0.307 e. The lowest BCUT2D eigenvalue weighted by molar-refractivity contribution is -0.153. The molecule has 0 aliphatic rings. The summed E-state index contributed by atoms with van der Waals surface area (Å²) in [6, 6.07) is 7.21. The van der Waals surface area contributed by atoms with Gasteiger partial charge in [-0.1, -0.05) is 6.07 Å². The number of ketones is 1. The SMILES string of the molecule is Cc1cc(C(=O)CCC(=O)O[C@@H](C)C(=O)Nc2cccc(F)c2)c(C)s1. The van der Waals surface area contributed by atoms with Crippen molar-refractivity contribution >= 4 is 34.7 Å². The second kappa shape index (κ2) is 8.71. The summed E-state index contributed by atoms with van der Waals surface area (Å²) in [6.07, 6.45) is -1.13. The van der Waals surface area contributed by atoms with Crippen LogP contribution in [0.4, 0.5) is 10.1 Å². The highest BCUT2D eigenvalue weighted by atomic mass is 32.1. The maximum atomic E-state index is 13.1. The Morgan fingerprint density at radius 3 is 2.54 bits per heavy atom. The Morgan fingerprint density at radius 1 is 1.19 bits per heavy atom. The summed E-state index contributed by atoms with van der Waals surface area (Å²) in [6.45, 7) is 5.20. The van der Waals surface area contributed by atoms with E-state index in [0.717, 1.165) is 15.8 Å². The summed E-state index contributed by atoms with van der Waals surface area (Å²) in [4.78, 5) is 38.0. The standard InChI is InChI=1S/C19H20FNO4S/c1-11-9-16(13(3)26-11)17(22)7-8-18(23)25-12(2)19(24)21-15-6-4-5-14(20)10-15/h4-6,9-10,12H,7-8H2,1-3H3,(H,21,24)/t12-/m0/s1. The Kier molecular flexibility index (Phi) is 6.63. The lowest BCUT2D eigenvalue weighted by Crippen LogP contribution is -2.30. The maximum Gasteiger partial charge on any atom is 0.307 e. The first-order valence-corrected chi connectivity index (χ1v) is 8.94. The Balaban J connectivity index is 1.82. The molecule has 0 saturated carbocycles. The number of rotatable bonds is 7. The molecular weight excluding hydrogens is 357 g/mol. The molecule has 0 aliphatic heterocycles. The van der Waals surface area contributed by atoms with Gasteiger partial charge in [0.25, 0.3) is 5.91 Å². The molecule has 1 aromatic carbocycles. The van der Waals surface area contributed by atoms with E-state index in [9.17, 15) is 18.8 Å². The number of benzene rings is 1. The van der Waals surface area contributed by atoms with Crippen LogP contribution in [0.25, 0.3) is 0 Å².